The number of hydrogen-bond acceptors (Lipinski definition) is 2. The molecular weight excluding hydrogens is 267 g/mol. The fourth-order valence-corrected chi connectivity index (χ4v) is 1.64. The first-order valence-electron chi connectivity index (χ1n) is 3.18. The van der Waals surface area contributed by atoms with Crippen LogP contribution in [-0.4, -0.2) is 0 Å². The molecule has 0 aliphatic carbocycles. The topological polar surface area (TPSA) is 26.0 Å². The van der Waals surface area contributed by atoms with Gasteiger partial charge in [0.05, 0.1) is 5.56 Å². The van der Waals surface area contributed by atoms with Crippen LogP contribution in [0.2, 0.25) is 0 Å². The summed E-state index contributed by atoms with van der Waals surface area (Å²) in [4.78, 5) is 0.210. The number of hydrogen-bond donors (Lipinski definition) is 2. The Morgan fingerprint density at radius 2 is 1.85 bits per heavy atom. The molecule has 0 aliphatic rings. The third kappa shape index (κ3) is 2.11. The molecule has 0 spiro atoms. The zero-order valence-electron chi connectivity index (χ0n) is 6.19. The Morgan fingerprint density at radius 1 is 1.31 bits per heavy atom. The molecule has 0 heterocycles. The monoisotopic (exact) mass is 271 g/mol. The van der Waals surface area contributed by atoms with E-state index in [4.69, 9.17) is 5.73 Å². The average molecular weight is 272 g/mol. The maximum absolute atomic E-state index is 12.3. The molecule has 0 bridgehead atoms. The van der Waals surface area contributed by atoms with Gasteiger partial charge in [0.25, 0.3) is 0 Å². The van der Waals surface area contributed by atoms with Gasteiger partial charge in [0, 0.05) is 15.1 Å². The lowest BCUT2D eigenvalue weighted by Gasteiger charge is -2.12. The molecule has 0 atom stereocenters. The van der Waals surface area contributed by atoms with Gasteiger partial charge in [-0.3, -0.25) is 0 Å². The molecule has 0 saturated heterocycles. The van der Waals surface area contributed by atoms with Gasteiger partial charge < -0.3 is 5.73 Å². The minimum atomic E-state index is -4.46. The Labute approximate surface area is 86.7 Å². The van der Waals surface area contributed by atoms with Crippen LogP contribution >= 0.6 is 28.6 Å². The predicted octanol–water partition coefficient (Wildman–Crippen LogP) is 3.34. The van der Waals surface area contributed by atoms with Crippen LogP contribution in [0.25, 0.3) is 0 Å². The number of benzene rings is 1. The minimum absolute atomic E-state index is 0.122. The zero-order valence-corrected chi connectivity index (χ0v) is 8.67. The van der Waals surface area contributed by atoms with Gasteiger partial charge >= 0.3 is 6.18 Å². The Hall–Kier alpha value is -0.360. The van der Waals surface area contributed by atoms with E-state index in [0.29, 0.717) is 0 Å². The number of halogens is 4. The summed E-state index contributed by atoms with van der Waals surface area (Å²) in [7, 11) is 0. The first kappa shape index (κ1) is 10.7. The van der Waals surface area contributed by atoms with Crippen molar-refractivity contribution in [3.63, 3.8) is 0 Å². The third-order valence-electron chi connectivity index (χ3n) is 1.44. The smallest absolute Gasteiger partial charge is 0.398 e. The number of alkyl halides is 3. The van der Waals surface area contributed by atoms with Crippen LogP contribution in [0.1, 0.15) is 5.56 Å². The molecule has 6 heteroatoms. The summed E-state index contributed by atoms with van der Waals surface area (Å²) in [5, 5.41) is 0. The summed E-state index contributed by atoms with van der Waals surface area (Å²) in [6.45, 7) is 0. The standard InChI is InChI=1S/C7H5BrF3NS/c8-6-4(13)2-1-3(12)5(6)7(9,10)11/h1-2,13H,12H2. The van der Waals surface area contributed by atoms with E-state index in [0.717, 1.165) is 0 Å². The lowest BCUT2D eigenvalue weighted by molar-refractivity contribution is -0.137. The van der Waals surface area contributed by atoms with Crippen molar-refractivity contribution in [2.24, 2.45) is 0 Å². The van der Waals surface area contributed by atoms with Gasteiger partial charge in [-0.2, -0.15) is 13.2 Å². The highest BCUT2D eigenvalue weighted by Crippen LogP contribution is 2.41. The van der Waals surface area contributed by atoms with Crippen LogP contribution in [0.15, 0.2) is 21.5 Å². The molecule has 2 N–H and O–H groups in total. The molecule has 0 aromatic heterocycles. The SMILES string of the molecule is Nc1ccc(S)c(Br)c1C(F)(F)F. The summed E-state index contributed by atoms with van der Waals surface area (Å²) in [6, 6.07) is 2.58. The molecule has 1 aromatic rings. The molecule has 1 nitrogen and oxygen atoms in total. The second-order valence-electron chi connectivity index (χ2n) is 2.36. The quantitative estimate of drug-likeness (QED) is 0.549. The second-order valence-corrected chi connectivity index (χ2v) is 3.64. The molecule has 0 aliphatic heterocycles. The Morgan fingerprint density at radius 3 is 2.23 bits per heavy atom. The van der Waals surface area contributed by atoms with Gasteiger partial charge in [0.15, 0.2) is 0 Å². The fourth-order valence-electron chi connectivity index (χ4n) is 0.868. The summed E-state index contributed by atoms with van der Waals surface area (Å²) >= 11 is 6.63. The molecular formula is C7H5BrF3NS. The molecule has 0 fully saturated rings. The number of rotatable bonds is 0. The van der Waals surface area contributed by atoms with Crippen molar-refractivity contribution >= 4 is 34.2 Å². The molecule has 0 radical (unpaired) electrons. The zero-order chi connectivity index (χ0) is 10.2. The van der Waals surface area contributed by atoms with E-state index in [9.17, 15) is 13.2 Å². The Balaban J connectivity index is 3.43. The fraction of sp³-hybridized carbons (Fsp3) is 0.143. The maximum atomic E-state index is 12.3. The maximum Gasteiger partial charge on any atom is 0.419 e. The van der Waals surface area contributed by atoms with Crippen molar-refractivity contribution < 1.29 is 13.2 Å². The van der Waals surface area contributed by atoms with Crippen LogP contribution in [0, 0.1) is 0 Å². The third-order valence-corrected chi connectivity index (χ3v) is 2.94. The van der Waals surface area contributed by atoms with Crippen molar-refractivity contribution in [3.05, 3.63) is 22.2 Å². The van der Waals surface area contributed by atoms with E-state index in [-0.39, 0.29) is 15.1 Å². The van der Waals surface area contributed by atoms with Crippen molar-refractivity contribution in [3.8, 4) is 0 Å². The summed E-state index contributed by atoms with van der Waals surface area (Å²) in [5.74, 6) is 0. The number of nitrogens with two attached hydrogens (primary N) is 1. The summed E-state index contributed by atoms with van der Waals surface area (Å²) < 4.78 is 36.9. The van der Waals surface area contributed by atoms with Crippen LogP contribution < -0.4 is 5.73 Å². The normalized spacial score (nSPS) is 11.8. The van der Waals surface area contributed by atoms with Crippen molar-refractivity contribution in [1.82, 2.24) is 0 Å². The average Bonchev–Trinajstić information content (AvgIpc) is 1.95. The highest BCUT2D eigenvalue weighted by molar-refractivity contribution is 9.10. The van der Waals surface area contributed by atoms with Gasteiger partial charge in [-0.15, -0.1) is 12.6 Å². The van der Waals surface area contributed by atoms with E-state index in [1.807, 2.05) is 0 Å². The van der Waals surface area contributed by atoms with Gasteiger partial charge in [-0.25, -0.2) is 0 Å². The predicted molar refractivity (Wildman–Crippen MR) is 50.8 cm³/mol. The molecule has 13 heavy (non-hydrogen) atoms. The van der Waals surface area contributed by atoms with Gasteiger partial charge in [0.1, 0.15) is 0 Å². The summed E-state index contributed by atoms with van der Waals surface area (Å²) in [6.07, 6.45) is -4.46. The van der Waals surface area contributed by atoms with E-state index in [1.54, 1.807) is 0 Å². The van der Waals surface area contributed by atoms with E-state index in [2.05, 4.69) is 28.6 Å². The lowest BCUT2D eigenvalue weighted by atomic mass is 10.2. The second kappa shape index (κ2) is 3.42. The first-order valence-corrected chi connectivity index (χ1v) is 4.42. The first-order chi connectivity index (χ1) is 5.84. The lowest BCUT2D eigenvalue weighted by Crippen LogP contribution is -2.10. The Kier molecular flexibility index (Phi) is 2.82. The molecule has 0 saturated carbocycles. The van der Waals surface area contributed by atoms with Crippen LogP contribution in [0.5, 0.6) is 0 Å². The molecule has 72 valence electrons. The number of thiol groups is 1. The van der Waals surface area contributed by atoms with Crippen molar-refractivity contribution in [2.45, 2.75) is 11.1 Å². The van der Waals surface area contributed by atoms with Gasteiger partial charge in [-0.05, 0) is 28.1 Å². The summed E-state index contributed by atoms with van der Waals surface area (Å²) in [5.41, 5.74) is 4.01. The van der Waals surface area contributed by atoms with E-state index < -0.39 is 11.7 Å². The van der Waals surface area contributed by atoms with Gasteiger partial charge in [-0.1, -0.05) is 0 Å². The largest absolute Gasteiger partial charge is 0.419 e. The van der Waals surface area contributed by atoms with Gasteiger partial charge in [0.2, 0.25) is 0 Å². The van der Waals surface area contributed by atoms with Crippen LogP contribution in [0.4, 0.5) is 18.9 Å². The molecule has 1 rings (SSSR count). The highest BCUT2D eigenvalue weighted by atomic mass is 79.9. The van der Waals surface area contributed by atoms with E-state index >= 15 is 0 Å². The number of nitrogen functional groups attached to an aromatic ring is 1. The van der Waals surface area contributed by atoms with Crippen molar-refractivity contribution in [1.29, 1.82) is 0 Å². The highest BCUT2D eigenvalue weighted by Gasteiger charge is 2.35. The molecule has 1 aromatic carbocycles. The number of anilines is 1. The minimum Gasteiger partial charge on any atom is -0.398 e. The van der Waals surface area contributed by atoms with Crippen LogP contribution in [-0.2, 0) is 6.18 Å². The van der Waals surface area contributed by atoms with Crippen molar-refractivity contribution in [2.75, 3.05) is 5.73 Å². The molecule has 0 unspecified atom stereocenters. The molecule has 0 amide bonds. The Bertz CT molecular complexity index is 337. The van der Waals surface area contributed by atoms with E-state index in [1.165, 1.54) is 12.1 Å². The van der Waals surface area contributed by atoms with Crippen LogP contribution in [0.3, 0.4) is 0 Å².